The number of carbonyl (C=O) groups excluding carboxylic acids is 2. The summed E-state index contributed by atoms with van der Waals surface area (Å²) in [5.41, 5.74) is 0. The number of hydrogen-bond donors (Lipinski definition) is 2. The Morgan fingerprint density at radius 1 is 0.421 bits per heavy atom. The van der Waals surface area contributed by atoms with Gasteiger partial charge in [-0.25, -0.2) is 9.59 Å². The van der Waals surface area contributed by atoms with E-state index in [9.17, 15) is 19.2 Å². The van der Waals surface area contributed by atoms with Gasteiger partial charge in [0.15, 0.2) is 0 Å². The van der Waals surface area contributed by atoms with E-state index in [0.29, 0.717) is 85.9 Å². The fourth-order valence-corrected chi connectivity index (χ4v) is 2.31. The van der Waals surface area contributed by atoms with Gasteiger partial charge in [-0.3, -0.25) is 9.59 Å². The maximum Gasteiger partial charge on any atom is 0.372 e. The average molecular weight is 557 g/mol. The molecular formula is C23H40O15. The van der Waals surface area contributed by atoms with Crippen LogP contribution in [0.25, 0.3) is 0 Å². The lowest BCUT2D eigenvalue weighted by atomic mass is 10.2. The van der Waals surface area contributed by atoms with E-state index in [1.807, 2.05) is 0 Å². The monoisotopic (exact) mass is 556 g/mol. The van der Waals surface area contributed by atoms with Crippen LogP contribution in [0, 0.1) is 0 Å². The van der Waals surface area contributed by atoms with E-state index in [-0.39, 0.29) is 32.8 Å². The molecule has 0 amide bonds. The molecule has 0 aliphatic rings. The highest BCUT2D eigenvalue weighted by Crippen LogP contribution is 1.95. The molecule has 0 aromatic rings. The second-order valence-electron chi connectivity index (χ2n) is 7.18. The minimum Gasteiger partial charge on any atom is -0.480 e. The van der Waals surface area contributed by atoms with E-state index in [4.69, 9.17) is 52.8 Å². The predicted octanol–water partition coefficient (Wildman–Crippen LogP) is -0.819. The van der Waals surface area contributed by atoms with Crippen LogP contribution in [0.15, 0.2) is 0 Å². The number of hydrogen-bond acceptors (Lipinski definition) is 13. The number of carboxylic acids is 2. The van der Waals surface area contributed by atoms with Gasteiger partial charge in [-0.1, -0.05) is 0 Å². The van der Waals surface area contributed by atoms with Crippen LogP contribution in [-0.2, 0) is 61.8 Å². The van der Waals surface area contributed by atoms with Crippen LogP contribution < -0.4 is 0 Å². The molecule has 0 aliphatic heterocycles. The molecule has 0 bridgehead atoms. The smallest absolute Gasteiger partial charge is 0.372 e. The van der Waals surface area contributed by atoms with Crippen LogP contribution in [0.1, 0.15) is 12.8 Å². The molecule has 38 heavy (non-hydrogen) atoms. The summed E-state index contributed by atoms with van der Waals surface area (Å²) >= 11 is 0. The number of rotatable bonds is 30. The first kappa shape index (κ1) is 35.8. The third-order valence-electron chi connectivity index (χ3n) is 4.12. The molecule has 0 aliphatic carbocycles. The number of esters is 1. The van der Waals surface area contributed by atoms with Crippen molar-refractivity contribution >= 4 is 23.7 Å². The van der Waals surface area contributed by atoms with E-state index in [1.165, 1.54) is 0 Å². The second kappa shape index (κ2) is 27.8. The zero-order chi connectivity index (χ0) is 28.1. The van der Waals surface area contributed by atoms with E-state index in [1.54, 1.807) is 0 Å². The Balaban J connectivity index is 3.14. The average Bonchev–Trinajstić information content (AvgIpc) is 2.88. The number of carboxylic acid groups (broad SMARTS) is 2. The second-order valence-corrected chi connectivity index (χ2v) is 7.18. The Kier molecular flexibility index (Phi) is 26.1. The lowest BCUT2D eigenvalue weighted by Gasteiger charge is -2.08. The van der Waals surface area contributed by atoms with E-state index >= 15 is 0 Å². The number of Topliss-reactive ketones (excluding diaryl/α,β-unsaturated/α-hetero) is 1. The summed E-state index contributed by atoms with van der Waals surface area (Å²) in [6.07, 6.45) is -0.669. The van der Waals surface area contributed by atoms with Gasteiger partial charge in [-0.05, 0) is 0 Å². The van der Waals surface area contributed by atoms with Gasteiger partial charge in [0.1, 0.15) is 13.2 Å². The maximum absolute atomic E-state index is 11.3. The summed E-state index contributed by atoms with van der Waals surface area (Å²) in [5.74, 6) is -4.26. The fraction of sp³-hybridized carbons (Fsp3) is 0.826. The molecule has 0 aromatic heterocycles. The Morgan fingerprint density at radius 3 is 1.05 bits per heavy atom. The van der Waals surface area contributed by atoms with Crippen molar-refractivity contribution in [1.82, 2.24) is 0 Å². The standard InChI is InChI=1S/C23H40O15/c24-20(23(28)29)1-2-22(27)38-18-17-36-14-13-34-10-9-32-6-5-30-3-4-31-7-8-33-11-12-35-15-16-37-19-21(25)26/h1-19H2,(H,25,26)(H,28,29). The molecule has 222 valence electrons. The molecule has 15 nitrogen and oxygen atoms in total. The molecule has 2 N–H and O–H groups in total. The van der Waals surface area contributed by atoms with E-state index in [0.717, 1.165) is 0 Å². The van der Waals surface area contributed by atoms with Gasteiger partial charge in [0, 0.05) is 6.42 Å². The lowest BCUT2D eigenvalue weighted by Crippen LogP contribution is -2.17. The minimum atomic E-state index is -1.57. The molecule has 0 radical (unpaired) electrons. The predicted molar refractivity (Wildman–Crippen MR) is 127 cm³/mol. The Morgan fingerprint density at radius 2 is 0.737 bits per heavy atom. The summed E-state index contributed by atoms with van der Waals surface area (Å²) in [7, 11) is 0. The molecule has 0 saturated carbocycles. The number of ether oxygens (including phenoxy) is 9. The van der Waals surface area contributed by atoms with Crippen molar-refractivity contribution in [2.45, 2.75) is 12.8 Å². The van der Waals surface area contributed by atoms with E-state index < -0.39 is 30.1 Å². The Bertz CT molecular complexity index is 614. The first-order chi connectivity index (χ1) is 18.4. The van der Waals surface area contributed by atoms with Gasteiger partial charge in [-0.15, -0.1) is 0 Å². The Hall–Kier alpha value is -2.24. The van der Waals surface area contributed by atoms with Crippen molar-refractivity contribution in [3.63, 3.8) is 0 Å². The third kappa shape index (κ3) is 28.3. The van der Waals surface area contributed by atoms with Crippen molar-refractivity contribution < 1.29 is 72.0 Å². The summed E-state index contributed by atoms with van der Waals surface area (Å²) in [6.45, 7) is 5.22. The quantitative estimate of drug-likeness (QED) is 0.0633. The van der Waals surface area contributed by atoms with Gasteiger partial charge in [-0.2, -0.15) is 0 Å². The molecular weight excluding hydrogens is 516 g/mol. The van der Waals surface area contributed by atoms with Crippen molar-refractivity contribution in [1.29, 1.82) is 0 Å². The van der Waals surface area contributed by atoms with Crippen LogP contribution in [0.4, 0.5) is 0 Å². The summed E-state index contributed by atoms with van der Waals surface area (Å²) < 4.78 is 46.8. The summed E-state index contributed by atoms with van der Waals surface area (Å²) in [4.78, 5) is 42.7. The molecule has 0 aromatic carbocycles. The number of carbonyl (C=O) groups is 4. The largest absolute Gasteiger partial charge is 0.480 e. The van der Waals surface area contributed by atoms with Gasteiger partial charge in [0.2, 0.25) is 5.78 Å². The van der Waals surface area contributed by atoms with Crippen LogP contribution in [0.2, 0.25) is 0 Å². The van der Waals surface area contributed by atoms with Gasteiger partial charge < -0.3 is 52.8 Å². The van der Waals surface area contributed by atoms with Gasteiger partial charge >= 0.3 is 17.9 Å². The van der Waals surface area contributed by atoms with Crippen LogP contribution in [0.3, 0.4) is 0 Å². The highest BCUT2D eigenvalue weighted by atomic mass is 16.6. The van der Waals surface area contributed by atoms with Gasteiger partial charge in [0.05, 0.1) is 106 Å². The van der Waals surface area contributed by atoms with Crippen molar-refractivity contribution in [3.05, 3.63) is 0 Å². The van der Waals surface area contributed by atoms with Crippen molar-refractivity contribution in [3.8, 4) is 0 Å². The van der Waals surface area contributed by atoms with Crippen LogP contribution in [-0.4, -0.2) is 146 Å². The highest BCUT2D eigenvalue weighted by molar-refractivity contribution is 6.32. The molecule has 0 saturated heterocycles. The molecule has 0 unspecified atom stereocenters. The highest BCUT2D eigenvalue weighted by Gasteiger charge is 2.14. The maximum atomic E-state index is 11.3. The van der Waals surface area contributed by atoms with E-state index in [2.05, 4.69) is 0 Å². The molecule has 0 rings (SSSR count). The van der Waals surface area contributed by atoms with Crippen molar-refractivity contribution in [2.24, 2.45) is 0 Å². The van der Waals surface area contributed by atoms with Gasteiger partial charge in [0.25, 0.3) is 0 Å². The van der Waals surface area contributed by atoms with Crippen LogP contribution >= 0.6 is 0 Å². The molecule has 0 spiro atoms. The van der Waals surface area contributed by atoms with Crippen LogP contribution in [0.5, 0.6) is 0 Å². The zero-order valence-corrected chi connectivity index (χ0v) is 21.6. The zero-order valence-electron chi connectivity index (χ0n) is 21.6. The first-order valence-electron chi connectivity index (χ1n) is 12.2. The molecule has 0 atom stereocenters. The Labute approximate surface area is 221 Å². The van der Waals surface area contributed by atoms with Crippen molar-refractivity contribution in [2.75, 3.05) is 112 Å². The number of aliphatic carboxylic acids is 2. The molecule has 0 heterocycles. The molecule has 0 fully saturated rings. The minimum absolute atomic E-state index is 0.00781. The fourth-order valence-electron chi connectivity index (χ4n) is 2.31. The first-order valence-corrected chi connectivity index (χ1v) is 12.2. The summed E-state index contributed by atoms with van der Waals surface area (Å²) in [5, 5.41) is 16.8. The lowest BCUT2D eigenvalue weighted by molar-refractivity contribution is -0.151. The third-order valence-corrected chi connectivity index (χ3v) is 4.12. The topological polar surface area (TPSA) is 192 Å². The SMILES string of the molecule is O=C(O)COCCOCCOCCOCCOCCOCCOCCOCCOC(=O)CCC(=O)C(=O)O. The summed E-state index contributed by atoms with van der Waals surface area (Å²) in [6, 6.07) is 0. The molecule has 15 heteroatoms. The number of ketones is 1. The normalized spacial score (nSPS) is 10.9.